The molecule has 3 aromatic rings. The van der Waals surface area contributed by atoms with E-state index in [1.807, 2.05) is 32.0 Å². The van der Waals surface area contributed by atoms with E-state index in [-0.39, 0.29) is 5.28 Å². The first kappa shape index (κ1) is 17.0. The maximum atomic E-state index is 11.9. The number of anilines is 2. The van der Waals surface area contributed by atoms with Gasteiger partial charge >= 0.3 is 5.97 Å². The first-order valence-corrected chi connectivity index (χ1v) is 8.56. The minimum atomic E-state index is -0.406. The fourth-order valence-corrected chi connectivity index (χ4v) is 3.84. The highest BCUT2D eigenvalue weighted by Gasteiger charge is 2.21. The Morgan fingerprint density at radius 1 is 1.25 bits per heavy atom. The van der Waals surface area contributed by atoms with Crippen molar-refractivity contribution >= 4 is 62.2 Å². The number of carbonyl (C=O) groups excluding carboxylic acids is 1. The Balaban J connectivity index is 2.18. The summed E-state index contributed by atoms with van der Waals surface area (Å²) in [6.45, 7) is 3.79. The first-order valence-electron chi connectivity index (χ1n) is 6.99. The Morgan fingerprint density at radius 2 is 2.00 bits per heavy atom. The van der Waals surface area contributed by atoms with Gasteiger partial charge in [0.05, 0.1) is 12.5 Å². The van der Waals surface area contributed by atoms with Crippen LogP contribution in [-0.4, -0.2) is 23.0 Å². The number of halogens is 2. The van der Waals surface area contributed by atoms with Crippen LogP contribution in [0.25, 0.3) is 10.2 Å². The Morgan fingerprint density at radius 3 is 2.71 bits per heavy atom. The van der Waals surface area contributed by atoms with Gasteiger partial charge in [-0.2, -0.15) is 4.98 Å². The van der Waals surface area contributed by atoms with E-state index < -0.39 is 5.97 Å². The molecule has 5 nitrogen and oxygen atoms in total. The summed E-state index contributed by atoms with van der Waals surface area (Å²) in [5, 5.41) is 4.69. The van der Waals surface area contributed by atoms with Crippen LogP contribution in [0.4, 0.5) is 11.5 Å². The number of hydrogen-bond donors (Lipinski definition) is 1. The van der Waals surface area contributed by atoms with E-state index in [1.165, 1.54) is 18.4 Å². The molecule has 0 aliphatic rings. The lowest BCUT2D eigenvalue weighted by molar-refractivity contribution is 0.0605. The topological polar surface area (TPSA) is 64.1 Å². The van der Waals surface area contributed by atoms with Gasteiger partial charge in [0.15, 0.2) is 0 Å². The summed E-state index contributed by atoms with van der Waals surface area (Å²) >= 11 is 13.3. The fraction of sp³-hybridized carbons (Fsp3) is 0.188. The highest BCUT2D eigenvalue weighted by atomic mass is 35.5. The van der Waals surface area contributed by atoms with Gasteiger partial charge in [0.2, 0.25) is 5.28 Å². The van der Waals surface area contributed by atoms with Crippen LogP contribution in [0.2, 0.25) is 10.3 Å². The average Bonchev–Trinajstić information content (AvgIpc) is 2.87. The number of esters is 1. The largest absolute Gasteiger partial charge is 0.465 e. The van der Waals surface area contributed by atoms with Crippen molar-refractivity contribution in [3.05, 3.63) is 44.5 Å². The van der Waals surface area contributed by atoms with Gasteiger partial charge in [-0.1, -0.05) is 17.7 Å². The van der Waals surface area contributed by atoms with Crippen molar-refractivity contribution in [3.8, 4) is 0 Å². The molecule has 0 fully saturated rings. The smallest absolute Gasteiger partial charge is 0.348 e. The second kappa shape index (κ2) is 6.55. The SMILES string of the molecule is COC(=O)c1sc2nc(Cl)nc(Nc3cc(Cl)ccc3C)c2c1C. The van der Waals surface area contributed by atoms with Crippen molar-refractivity contribution in [3.63, 3.8) is 0 Å². The minimum Gasteiger partial charge on any atom is -0.465 e. The summed E-state index contributed by atoms with van der Waals surface area (Å²) in [7, 11) is 1.35. The van der Waals surface area contributed by atoms with E-state index in [0.29, 0.717) is 20.5 Å². The average molecular weight is 382 g/mol. The lowest BCUT2D eigenvalue weighted by atomic mass is 10.1. The van der Waals surface area contributed by atoms with Crippen molar-refractivity contribution in [1.82, 2.24) is 9.97 Å². The quantitative estimate of drug-likeness (QED) is 0.502. The molecule has 0 saturated heterocycles. The predicted molar refractivity (Wildman–Crippen MR) is 98.0 cm³/mol. The van der Waals surface area contributed by atoms with Crippen LogP contribution in [0, 0.1) is 13.8 Å². The van der Waals surface area contributed by atoms with Crippen LogP contribution in [0.3, 0.4) is 0 Å². The number of carbonyl (C=O) groups is 1. The van der Waals surface area contributed by atoms with Crippen LogP contribution in [0.5, 0.6) is 0 Å². The highest BCUT2D eigenvalue weighted by molar-refractivity contribution is 7.20. The van der Waals surface area contributed by atoms with E-state index in [4.69, 9.17) is 27.9 Å². The Hall–Kier alpha value is -1.89. The molecule has 0 amide bonds. The number of aryl methyl sites for hydroxylation is 2. The molecule has 0 bridgehead atoms. The predicted octanol–water partition coefficient (Wildman–Crippen LogP) is 5.15. The van der Waals surface area contributed by atoms with E-state index in [0.717, 1.165) is 22.2 Å². The number of thiophene rings is 1. The van der Waals surface area contributed by atoms with Crippen LogP contribution in [0.15, 0.2) is 18.2 Å². The first-order chi connectivity index (χ1) is 11.4. The normalized spacial score (nSPS) is 10.9. The molecule has 0 saturated carbocycles. The van der Waals surface area contributed by atoms with E-state index >= 15 is 0 Å². The van der Waals surface area contributed by atoms with Gasteiger partial charge in [0.25, 0.3) is 0 Å². The maximum absolute atomic E-state index is 11.9. The molecular weight excluding hydrogens is 369 g/mol. The highest BCUT2D eigenvalue weighted by Crippen LogP contribution is 2.36. The van der Waals surface area contributed by atoms with Gasteiger partial charge < -0.3 is 10.1 Å². The zero-order chi connectivity index (χ0) is 17.4. The molecule has 24 heavy (non-hydrogen) atoms. The molecule has 0 unspecified atom stereocenters. The summed E-state index contributed by atoms with van der Waals surface area (Å²) in [5.74, 6) is 0.121. The van der Waals surface area contributed by atoms with E-state index in [2.05, 4.69) is 15.3 Å². The van der Waals surface area contributed by atoms with E-state index in [9.17, 15) is 4.79 Å². The minimum absolute atomic E-state index is 0.0994. The molecular formula is C16H13Cl2N3O2S. The Kier molecular flexibility index (Phi) is 4.62. The van der Waals surface area contributed by atoms with Gasteiger partial charge in [-0.25, -0.2) is 9.78 Å². The summed E-state index contributed by atoms with van der Waals surface area (Å²) in [5.41, 5.74) is 2.56. The second-order valence-corrected chi connectivity index (χ2v) is 6.93. The number of nitrogens with zero attached hydrogens (tertiary/aromatic N) is 2. The van der Waals surface area contributed by atoms with Crippen molar-refractivity contribution in [2.24, 2.45) is 0 Å². The number of rotatable bonds is 3. The van der Waals surface area contributed by atoms with Crippen molar-refractivity contribution in [2.45, 2.75) is 13.8 Å². The third-order valence-electron chi connectivity index (χ3n) is 3.59. The summed E-state index contributed by atoms with van der Waals surface area (Å²) in [6.07, 6.45) is 0. The molecule has 124 valence electrons. The molecule has 1 aromatic carbocycles. The number of benzene rings is 1. The third-order valence-corrected chi connectivity index (χ3v) is 5.16. The van der Waals surface area contributed by atoms with Crippen LogP contribution in [-0.2, 0) is 4.74 Å². The van der Waals surface area contributed by atoms with Gasteiger partial charge in [0.1, 0.15) is 15.5 Å². The molecule has 0 aliphatic carbocycles. The molecule has 0 aliphatic heterocycles. The van der Waals surface area contributed by atoms with Crippen LogP contribution in [0.1, 0.15) is 20.8 Å². The molecule has 2 aromatic heterocycles. The standard InChI is InChI=1S/C16H13Cl2N3O2S/c1-7-4-5-9(17)6-10(7)19-13-11-8(2)12(15(22)23-3)24-14(11)21-16(18)20-13/h4-6H,1-3H3,(H,19,20,21). The van der Waals surface area contributed by atoms with Crippen LogP contribution >= 0.6 is 34.5 Å². The summed E-state index contributed by atoms with van der Waals surface area (Å²) < 4.78 is 4.82. The zero-order valence-corrected chi connectivity index (χ0v) is 15.4. The van der Waals surface area contributed by atoms with Gasteiger partial charge in [-0.3, -0.25) is 0 Å². The molecule has 1 N–H and O–H groups in total. The molecule has 3 rings (SSSR count). The number of aromatic nitrogens is 2. The van der Waals surface area contributed by atoms with Crippen molar-refractivity contribution in [1.29, 1.82) is 0 Å². The Bertz CT molecular complexity index is 956. The van der Waals surface area contributed by atoms with Gasteiger partial charge in [0, 0.05) is 10.7 Å². The van der Waals surface area contributed by atoms with E-state index in [1.54, 1.807) is 0 Å². The fourth-order valence-electron chi connectivity index (χ4n) is 2.35. The maximum Gasteiger partial charge on any atom is 0.348 e. The number of methoxy groups -OCH3 is 1. The zero-order valence-electron chi connectivity index (χ0n) is 13.1. The lowest BCUT2D eigenvalue weighted by Gasteiger charge is -2.11. The molecule has 0 atom stereocenters. The Labute approximate surface area is 152 Å². The third kappa shape index (κ3) is 3.05. The molecule has 0 spiro atoms. The van der Waals surface area contributed by atoms with Crippen molar-refractivity contribution < 1.29 is 9.53 Å². The summed E-state index contributed by atoms with van der Waals surface area (Å²) in [6, 6.07) is 5.53. The monoisotopic (exact) mass is 381 g/mol. The number of fused-ring (bicyclic) bond motifs is 1. The molecule has 0 radical (unpaired) electrons. The second-order valence-electron chi connectivity index (χ2n) is 5.15. The van der Waals surface area contributed by atoms with Gasteiger partial charge in [-0.05, 0) is 48.7 Å². The van der Waals surface area contributed by atoms with Gasteiger partial charge in [-0.15, -0.1) is 11.3 Å². The molecule has 2 heterocycles. The lowest BCUT2D eigenvalue weighted by Crippen LogP contribution is -2.01. The van der Waals surface area contributed by atoms with Crippen LogP contribution < -0.4 is 5.32 Å². The number of ether oxygens (including phenoxy) is 1. The number of nitrogens with one attached hydrogen (secondary N) is 1. The summed E-state index contributed by atoms with van der Waals surface area (Å²) in [4.78, 5) is 21.5. The molecule has 8 heteroatoms. The number of hydrogen-bond acceptors (Lipinski definition) is 6. The van der Waals surface area contributed by atoms with Crippen molar-refractivity contribution in [2.75, 3.05) is 12.4 Å².